The summed E-state index contributed by atoms with van der Waals surface area (Å²) in [6, 6.07) is 29.3. The number of fused-ring (bicyclic) bond motifs is 1. The quantitative estimate of drug-likeness (QED) is 0.384. The number of nitrogens with one attached hydrogen (secondary N) is 1. The lowest BCUT2D eigenvalue weighted by molar-refractivity contribution is 0.0951. The molecule has 0 aromatic heterocycles. The van der Waals surface area contributed by atoms with Crippen molar-refractivity contribution in [1.29, 1.82) is 0 Å². The number of hydrogen-bond donors (Lipinski definition) is 1. The first-order chi connectivity index (χ1) is 16.2. The summed E-state index contributed by atoms with van der Waals surface area (Å²) in [4.78, 5) is 15.3. The predicted octanol–water partition coefficient (Wildman–Crippen LogP) is 6.34. The molecular weight excluding hydrogens is 404 g/mol. The van der Waals surface area contributed by atoms with Crippen LogP contribution in [0, 0.1) is 6.92 Å². The Hall–Kier alpha value is -3.43. The van der Waals surface area contributed by atoms with E-state index >= 15 is 0 Å². The maximum atomic E-state index is 12.8. The summed E-state index contributed by atoms with van der Waals surface area (Å²) in [5.74, 6) is -0.0480. The van der Waals surface area contributed by atoms with Crippen molar-refractivity contribution in [2.24, 2.45) is 0 Å². The molecule has 3 heteroatoms. The number of amides is 1. The lowest BCUT2D eigenvalue weighted by Crippen LogP contribution is -2.22. The fourth-order valence-corrected chi connectivity index (χ4v) is 4.69. The van der Waals surface area contributed by atoms with Crippen molar-refractivity contribution in [2.75, 3.05) is 13.1 Å². The maximum absolute atomic E-state index is 12.8. The number of benzene rings is 4. The minimum atomic E-state index is -0.0480. The fraction of sp³-hybridized carbons (Fsp3) is 0.233. The Morgan fingerprint density at radius 1 is 0.848 bits per heavy atom. The highest BCUT2D eigenvalue weighted by atomic mass is 16.1. The van der Waals surface area contributed by atoms with Gasteiger partial charge in [-0.05, 0) is 84.1 Å². The second-order valence-electron chi connectivity index (χ2n) is 9.08. The average molecular weight is 435 g/mol. The van der Waals surface area contributed by atoms with E-state index in [1.165, 1.54) is 47.8 Å². The van der Waals surface area contributed by atoms with Crippen molar-refractivity contribution < 1.29 is 4.79 Å². The van der Waals surface area contributed by atoms with E-state index in [-0.39, 0.29) is 5.91 Å². The van der Waals surface area contributed by atoms with Crippen LogP contribution in [0.15, 0.2) is 84.9 Å². The van der Waals surface area contributed by atoms with E-state index in [2.05, 4.69) is 77.8 Å². The van der Waals surface area contributed by atoms with Gasteiger partial charge in [0.25, 0.3) is 5.91 Å². The fourth-order valence-electron chi connectivity index (χ4n) is 4.69. The largest absolute Gasteiger partial charge is 0.348 e. The van der Waals surface area contributed by atoms with Crippen molar-refractivity contribution in [3.05, 3.63) is 107 Å². The van der Waals surface area contributed by atoms with Crippen molar-refractivity contribution in [1.82, 2.24) is 10.2 Å². The Labute approximate surface area is 196 Å². The summed E-state index contributed by atoms with van der Waals surface area (Å²) in [6.07, 6.45) is 2.62. The van der Waals surface area contributed by atoms with Gasteiger partial charge in [-0.2, -0.15) is 0 Å². The Bertz CT molecular complexity index is 1250. The highest BCUT2D eigenvalue weighted by Gasteiger charge is 2.12. The van der Waals surface area contributed by atoms with Gasteiger partial charge in [-0.1, -0.05) is 72.3 Å². The molecule has 4 aromatic carbocycles. The molecule has 1 amide bonds. The Morgan fingerprint density at radius 3 is 2.27 bits per heavy atom. The molecule has 1 aliphatic heterocycles. The number of carbonyl (C=O) groups is 1. The molecule has 1 aliphatic rings. The zero-order valence-corrected chi connectivity index (χ0v) is 19.2. The standard InChI is InChI=1S/C30H30N2O/c1-22-7-10-24(11-8-22)25-12-14-26(15-13-25)30(33)31-20-28-6-4-5-27-19-23(9-16-29(27)28)21-32-17-2-3-18-32/h4-16,19H,2-3,17-18,20-21H2,1H3,(H,31,33). The van der Waals surface area contributed by atoms with Crippen molar-refractivity contribution in [2.45, 2.75) is 32.9 Å². The monoisotopic (exact) mass is 434 g/mol. The summed E-state index contributed by atoms with van der Waals surface area (Å²) >= 11 is 0. The van der Waals surface area contributed by atoms with Gasteiger partial charge >= 0.3 is 0 Å². The van der Waals surface area contributed by atoms with Crippen LogP contribution in [0.4, 0.5) is 0 Å². The van der Waals surface area contributed by atoms with Crippen LogP contribution in [0.1, 0.15) is 39.9 Å². The molecule has 1 N–H and O–H groups in total. The Morgan fingerprint density at radius 2 is 1.55 bits per heavy atom. The first-order valence-corrected chi connectivity index (χ1v) is 11.8. The molecule has 0 spiro atoms. The summed E-state index contributed by atoms with van der Waals surface area (Å²) in [5.41, 5.74) is 6.70. The molecular formula is C30H30N2O. The second kappa shape index (κ2) is 9.60. The van der Waals surface area contributed by atoms with E-state index in [0.717, 1.165) is 23.2 Å². The van der Waals surface area contributed by atoms with Gasteiger partial charge in [-0.25, -0.2) is 0 Å². The normalized spacial score (nSPS) is 14.0. The Balaban J connectivity index is 1.26. The van der Waals surface area contributed by atoms with Crippen LogP contribution in [-0.2, 0) is 13.1 Å². The molecule has 0 atom stereocenters. The Kier molecular flexibility index (Phi) is 6.23. The summed E-state index contributed by atoms with van der Waals surface area (Å²) in [6.45, 7) is 6.03. The first kappa shape index (κ1) is 21.4. The molecule has 1 heterocycles. The molecule has 1 saturated heterocycles. The highest BCUT2D eigenvalue weighted by molar-refractivity contribution is 5.95. The molecule has 0 radical (unpaired) electrons. The lowest BCUT2D eigenvalue weighted by Gasteiger charge is -2.15. The summed E-state index contributed by atoms with van der Waals surface area (Å²) < 4.78 is 0. The molecule has 166 valence electrons. The zero-order valence-electron chi connectivity index (χ0n) is 19.2. The molecule has 4 aromatic rings. The topological polar surface area (TPSA) is 32.3 Å². The minimum absolute atomic E-state index is 0.0480. The van der Waals surface area contributed by atoms with Gasteiger partial charge in [0.1, 0.15) is 0 Å². The van der Waals surface area contributed by atoms with E-state index in [1.54, 1.807) is 0 Å². The van der Waals surface area contributed by atoms with Crippen molar-refractivity contribution in [3.63, 3.8) is 0 Å². The minimum Gasteiger partial charge on any atom is -0.348 e. The number of rotatable bonds is 6. The van der Waals surface area contributed by atoms with E-state index in [1.807, 2.05) is 24.3 Å². The van der Waals surface area contributed by atoms with Crippen LogP contribution < -0.4 is 5.32 Å². The van der Waals surface area contributed by atoms with Gasteiger partial charge < -0.3 is 5.32 Å². The lowest BCUT2D eigenvalue weighted by atomic mass is 10.0. The second-order valence-corrected chi connectivity index (χ2v) is 9.08. The van der Waals surface area contributed by atoms with Gasteiger partial charge in [0.2, 0.25) is 0 Å². The summed E-state index contributed by atoms with van der Waals surface area (Å²) in [5, 5.41) is 5.54. The van der Waals surface area contributed by atoms with Crippen LogP contribution in [0.25, 0.3) is 21.9 Å². The number of likely N-dealkylation sites (tertiary alicyclic amines) is 1. The van der Waals surface area contributed by atoms with Gasteiger partial charge in [-0.3, -0.25) is 9.69 Å². The molecule has 1 fully saturated rings. The third-order valence-electron chi connectivity index (χ3n) is 6.61. The molecule has 0 unspecified atom stereocenters. The van der Waals surface area contributed by atoms with Crippen LogP contribution in [0.5, 0.6) is 0 Å². The highest BCUT2D eigenvalue weighted by Crippen LogP contribution is 2.23. The van der Waals surface area contributed by atoms with Crippen LogP contribution in [-0.4, -0.2) is 23.9 Å². The number of aryl methyl sites for hydroxylation is 1. The van der Waals surface area contributed by atoms with E-state index in [0.29, 0.717) is 12.1 Å². The summed E-state index contributed by atoms with van der Waals surface area (Å²) in [7, 11) is 0. The maximum Gasteiger partial charge on any atom is 0.251 e. The third-order valence-corrected chi connectivity index (χ3v) is 6.61. The van der Waals surface area contributed by atoms with Gasteiger partial charge in [-0.15, -0.1) is 0 Å². The van der Waals surface area contributed by atoms with Crippen LogP contribution in [0.2, 0.25) is 0 Å². The van der Waals surface area contributed by atoms with E-state index in [9.17, 15) is 4.79 Å². The number of hydrogen-bond acceptors (Lipinski definition) is 2. The van der Waals surface area contributed by atoms with Gasteiger partial charge in [0, 0.05) is 18.7 Å². The molecule has 3 nitrogen and oxygen atoms in total. The number of carbonyl (C=O) groups excluding carboxylic acids is 1. The SMILES string of the molecule is Cc1ccc(-c2ccc(C(=O)NCc3cccc4cc(CN5CCCC5)ccc34)cc2)cc1. The molecule has 33 heavy (non-hydrogen) atoms. The average Bonchev–Trinajstić information content (AvgIpc) is 3.36. The van der Waals surface area contributed by atoms with Gasteiger partial charge in [0.15, 0.2) is 0 Å². The molecule has 0 saturated carbocycles. The van der Waals surface area contributed by atoms with Crippen molar-refractivity contribution >= 4 is 16.7 Å². The molecule has 0 aliphatic carbocycles. The predicted molar refractivity (Wildman–Crippen MR) is 136 cm³/mol. The third kappa shape index (κ3) is 4.99. The van der Waals surface area contributed by atoms with Crippen LogP contribution in [0.3, 0.4) is 0 Å². The number of nitrogens with zero attached hydrogens (tertiary/aromatic N) is 1. The molecule has 0 bridgehead atoms. The van der Waals surface area contributed by atoms with Crippen LogP contribution >= 0.6 is 0 Å². The zero-order chi connectivity index (χ0) is 22.6. The molecule has 5 rings (SSSR count). The first-order valence-electron chi connectivity index (χ1n) is 11.8. The smallest absolute Gasteiger partial charge is 0.251 e. The van der Waals surface area contributed by atoms with Crippen molar-refractivity contribution in [3.8, 4) is 11.1 Å². The van der Waals surface area contributed by atoms with E-state index < -0.39 is 0 Å². The van der Waals surface area contributed by atoms with E-state index in [4.69, 9.17) is 0 Å². The van der Waals surface area contributed by atoms with Gasteiger partial charge in [0.05, 0.1) is 0 Å².